The topological polar surface area (TPSA) is 55.8 Å². The Hall–Kier alpha value is -1.39. The van der Waals surface area contributed by atoms with E-state index in [1.807, 2.05) is 0 Å². The van der Waals surface area contributed by atoms with Gasteiger partial charge in [-0.2, -0.15) is 0 Å². The Kier molecular flexibility index (Phi) is 30.7. The van der Waals surface area contributed by atoms with Gasteiger partial charge in [0, 0.05) is 13.0 Å². The monoisotopic (exact) mass is 534 g/mol. The summed E-state index contributed by atoms with van der Waals surface area (Å²) in [6, 6.07) is 0. The van der Waals surface area contributed by atoms with Crippen molar-refractivity contribution in [2.45, 2.75) is 155 Å². The van der Waals surface area contributed by atoms with Gasteiger partial charge in [-0.15, -0.1) is 0 Å². The highest BCUT2D eigenvalue weighted by Gasteiger charge is 2.13. The summed E-state index contributed by atoms with van der Waals surface area (Å²) in [5.74, 6) is -0.219. The number of hydrogen-bond donors (Lipinski definition) is 1. The van der Waals surface area contributed by atoms with Crippen LogP contribution in [0.3, 0.4) is 0 Å². The molecule has 0 aromatic carbocycles. The fourth-order valence-electron chi connectivity index (χ4n) is 4.24. The Balaban J connectivity index is 3.48. The second kappa shape index (κ2) is 31.8. The van der Waals surface area contributed by atoms with Crippen molar-refractivity contribution in [1.29, 1.82) is 0 Å². The van der Waals surface area contributed by atoms with Crippen LogP contribution in [-0.4, -0.2) is 37.0 Å². The smallest absolute Gasteiger partial charge is 0.306 e. The van der Waals surface area contributed by atoms with Crippen LogP contribution >= 0.6 is 0 Å². The molecule has 0 radical (unpaired) electrons. The van der Waals surface area contributed by atoms with E-state index < -0.39 is 6.10 Å². The summed E-state index contributed by atoms with van der Waals surface area (Å²) < 4.78 is 11.0. The minimum Gasteiger partial charge on any atom is -0.457 e. The van der Waals surface area contributed by atoms with Crippen LogP contribution in [0.2, 0.25) is 0 Å². The van der Waals surface area contributed by atoms with Crippen molar-refractivity contribution >= 4 is 5.97 Å². The number of unbranched alkanes of at least 4 members (excludes halogenated alkanes) is 15. The van der Waals surface area contributed by atoms with Gasteiger partial charge >= 0.3 is 5.97 Å². The molecule has 4 nitrogen and oxygen atoms in total. The van der Waals surface area contributed by atoms with Gasteiger partial charge in [0.15, 0.2) is 0 Å². The summed E-state index contributed by atoms with van der Waals surface area (Å²) in [6.45, 7) is 5.22. The van der Waals surface area contributed by atoms with Gasteiger partial charge in [0.25, 0.3) is 0 Å². The molecule has 0 amide bonds. The minimum absolute atomic E-state index is 0.180. The van der Waals surface area contributed by atoms with Crippen molar-refractivity contribution in [1.82, 2.24) is 0 Å². The Morgan fingerprint density at radius 2 is 1.16 bits per heavy atom. The molecule has 38 heavy (non-hydrogen) atoms. The van der Waals surface area contributed by atoms with Crippen LogP contribution in [0.4, 0.5) is 0 Å². The zero-order valence-corrected chi connectivity index (χ0v) is 25.2. The lowest BCUT2D eigenvalue weighted by atomic mass is 10.1. The second-order valence-electron chi connectivity index (χ2n) is 10.5. The van der Waals surface area contributed by atoms with Crippen LogP contribution in [0.1, 0.15) is 149 Å². The number of carbonyl (C=O) groups excluding carboxylic acids is 1. The maximum Gasteiger partial charge on any atom is 0.306 e. The van der Waals surface area contributed by atoms with Crippen LogP contribution in [0.5, 0.6) is 0 Å². The van der Waals surface area contributed by atoms with Crippen LogP contribution in [-0.2, 0) is 14.3 Å². The molecule has 0 bridgehead atoms. The van der Waals surface area contributed by atoms with E-state index in [9.17, 15) is 9.90 Å². The zero-order valence-electron chi connectivity index (χ0n) is 25.2. The third kappa shape index (κ3) is 29.2. The lowest BCUT2D eigenvalue weighted by molar-refractivity contribution is -0.154. The number of allylic oxidation sites excluding steroid dienone is 6. The van der Waals surface area contributed by atoms with Gasteiger partial charge in [-0.3, -0.25) is 4.79 Å². The van der Waals surface area contributed by atoms with Crippen LogP contribution in [0.15, 0.2) is 36.5 Å². The molecule has 4 heteroatoms. The fourth-order valence-corrected chi connectivity index (χ4v) is 4.24. The van der Waals surface area contributed by atoms with Gasteiger partial charge in [-0.25, -0.2) is 0 Å². The average molecular weight is 535 g/mol. The van der Waals surface area contributed by atoms with Gasteiger partial charge in [-0.05, 0) is 64.2 Å². The molecule has 0 aromatic rings. The number of aliphatic hydroxyl groups is 1. The van der Waals surface area contributed by atoms with E-state index in [2.05, 4.69) is 50.3 Å². The van der Waals surface area contributed by atoms with E-state index in [0.29, 0.717) is 13.0 Å². The number of rotatable bonds is 29. The number of carbonyl (C=O) groups is 1. The average Bonchev–Trinajstić information content (AvgIpc) is 2.92. The quantitative estimate of drug-likeness (QED) is 0.0589. The van der Waals surface area contributed by atoms with Crippen molar-refractivity contribution in [2.24, 2.45) is 0 Å². The van der Waals surface area contributed by atoms with E-state index in [0.717, 1.165) is 44.9 Å². The van der Waals surface area contributed by atoms with Crippen LogP contribution < -0.4 is 0 Å². The first kappa shape index (κ1) is 36.6. The first-order valence-corrected chi connectivity index (χ1v) is 16.1. The number of esters is 1. The van der Waals surface area contributed by atoms with Gasteiger partial charge in [-0.1, -0.05) is 115 Å². The highest BCUT2D eigenvalue weighted by molar-refractivity contribution is 5.69. The third-order valence-corrected chi connectivity index (χ3v) is 6.67. The van der Waals surface area contributed by atoms with Gasteiger partial charge < -0.3 is 14.6 Å². The summed E-state index contributed by atoms with van der Waals surface area (Å²) >= 11 is 0. The fraction of sp³-hybridized carbons (Fsp3) is 0.794. The summed E-state index contributed by atoms with van der Waals surface area (Å²) in [5.41, 5.74) is 0. The Labute approximate surface area is 236 Å². The molecule has 222 valence electrons. The summed E-state index contributed by atoms with van der Waals surface area (Å²) in [7, 11) is 0. The Morgan fingerprint density at radius 1 is 0.632 bits per heavy atom. The molecule has 1 N–H and O–H groups in total. The molecule has 0 aliphatic heterocycles. The molecule has 1 atom stereocenters. The maximum atomic E-state index is 12.0. The standard InChI is InChI=1S/C34H62O4/c1-3-5-7-9-11-13-15-16-17-18-19-20-22-24-26-28-30-37-32-33(31-35)38-34(36)29-27-25-23-21-14-12-10-8-6-4-2/h8,10-11,13,16-17,33,35H,3-7,9,12,14-15,18-32H2,1-2H3/b10-8-,13-11-,17-16-. The first-order chi connectivity index (χ1) is 18.7. The number of ether oxygens (including phenoxy) is 2. The molecule has 0 rings (SSSR count). The largest absolute Gasteiger partial charge is 0.457 e. The van der Waals surface area contributed by atoms with Crippen molar-refractivity contribution in [2.75, 3.05) is 19.8 Å². The lowest BCUT2D eigenvalue weighted by Gasteiger charge is -2.15. The van der Waals surface area contributed by atoms with E-state index in [1.54, 1.807) is 0 Å². The van der Waals surface area contributed by atoms with Crippen molar-refractivity contribution in [3.63, 3.8) is 0 Å². The van der Waals surface area contributed by atoms with E-state index in [4.69, 9.17) is 9.47 Å². The Bertz CT molecular complexity index is 567. The van der Waals surface area contributed by atoms with Crippen LogP contribution in [0.25, 0.3) is 0 Å². The maximum absolute atomic E-state index is 12.0. The molecule has 0 aliphatic carbocycles. The third-order valence-electron chi connectivity index (χ3n) is 6.67. The SMILES string of the molecule is CCC/C=C\CCCCCCCC(=O)OC(CO)COCCCCCCCC/C=C\C/C=C\CCCCC. The first-order valence-electron chi connectivity index (χ1n) is 16.1. The van der Waals surface area contributed by atoms with Crippen molar-refractivity contribution in [3.05, 3.63) is 36.5 Å². The number of aliphatic hydroxyl groups excluding tert-OH is 1. The number of hydrogen-bond acceptors (Lipinski definition) is 4. The van der Waals surface area contributed by atoms with Gasteiger partial charge in [0.1, 0.15) is 6.10 Å². The predicted octanol–water partition coefficient (Wildman–Crippen LogP) is 9.81. The summed E-state index contributed by atoms with van der Waals surface area (Å²) in [6.07, 6.45) is 37.4. The highest BCUT2D eigenvalue weighted by Crippen LogP contribution is 2.10. The Morgan fingerprint density at radius 3 is 1.76 bits per heavy atom. The van der Waals surface area contributed by atoms with Crippen LogP contribution in [0, 0.1) is 0 Å². The molecule has 0 aromatic heterocycles. The normalized spacial score (nSPS) is 12.8. The van der Waals surface area contributed by atoms with E-state index in [-0.39, 0.29) is 19.2 Å². The van der Waals surface area contributed by atoms with E-state index in [1.165, 1.54) is 83.5 Å². The molecule has 0 saturated heterocycles. The van der Waals surface area contributed by atoms with Crippen molar-refractivity contribution in [3.8, 4) is 0 Å². The molecule has 1 unspecified atom stereocenters. The lowest BCUT2D eigenvalue weighted by Crippen LogP contribution is -2.27. The van der Waals surface area contributed by atoms with E-state index >= 15 is 0 Å². The van der Waals surface area contributed by atoms with Gasteiger partial charge in [0.05, 0.1) is 13.2 Å². The molecular formula is C34H62O4. The highest BCUT2D eigenvalue weighted by atomic mass is 16.6. The summed E-state index contributed by atoms with van der Waals surface area (Å²) in [4.78, 5) is 12.0. The van der Waals surface area contributed by atoms with Gasteiger partial charge in [0.2, 0.25) is 0 Å². The molecule has 0 saturated carbocycles. The second-order valence-corrected chi connectivity index (χ2v) is 10.5. The molecule has 0 aliphatic rings. The summed E-state index contributed by atoms with van der Waals surface area (Å²) in [5, 5.41) is 9.49. The molecular weight excluding hydrogens is 472 g/mol. The van der Waals surface area contributed by atoms with Crippen molar-refractivity contribution < 1.29 is 19.4 Å². The molecule has 0 heterocycles. The molecule has 0 fully saturated rings. The minimum atomic E-state index is -0.540. The predicted molar refractivity (Wildman–Crippen MR) is 164 cm³/mol. The molecule has 0 spiro atoms. The zero-order chi connectivity index (χ0) is 27.8.